The molecule has 2 N–H and O–H groups in total. The van der Waals surface area contributed by atoms with Crippen molar-refractivity contribution in [2.24, 2.45) is 0 Å². The lowest BCUT2D eigenvalue weighted by atomic mass is 10.2. The van der Waals surface area contributed by atoms with Gasteiger partial charge in [-0.2, -0.15) is 0 Å². The second-order valence-electron chi connectivity index (χ2n) is 6.36. The van der Waals surface area contributed by atoms with E-state index in [1.54, 1.807) is 42.6 Å². The summed E-state index contributed by atoms with van der Waals surface area (Å²) in [6, 6.07) is 13.1. The second kappa shape index (κ2) is 8.71. The van der Waals surface area contributed by atoms with Gasteiger partial charge in [0.05, 0.1) is 28.6 Å². The number of hydrogen-bond donors (Lipinski definition) is 2. The van der Waals surface area contributed by atoms with Crippen LogP contribution in [0, 0.1) is 5.82 Å². The number of aromatic nitrogens is 1. The van der Waals surface area contributed by atoms with Gasteiger partial charge in [0.25, 0.3) is 5.91 Å². The van der Waals surface area contributed by atoms with Gasteiger partial charge in [0.15, 0.2) is 0 Å². The van der Waals surface area contributed by atoms with E-state index in [1.165, 1.54) is 18.3 Å². The summed E-state index contributed by atoms with van der Waals surface area (Å²) in [4.78, 5) is 16.6. The number of nitrogens with one attached hydrogen (secondary N) is 2. The van der Waals surface area contributed by atoms with Gasteiger partial charge in [-0.25, -0.2) is 4.39 Å². The van der Waals surface area contributed by atoms with Crippen molar-refractivity contribution < 1.29 is 13.9 Å². The molecule has 0 bridgehead atoms. The summed E-state index contributed by atoms with van der Waals surface area (Å²) >= 11 is 5.79. The average Bonchev–Trinajstić information content (AvgIpc) is 2.66. The van der Waals surface area contributed by atoms with Gasteiger partial charge in [-0.05, 0) is 62.4 Å². The van der Waals surface area contributed by atoms with Crippen LogP contribution in [0.4, 0.5) is 21.5 Å². The molecule has 0 aliphatic rings. The summed E-state index contributed by atoms with van der Waals surface area (Å²) in [5, 5.41) is 5.87. The van der Waals surface area contributed by atoms with Gasteiger partial charge < -0.3 is 15.4 Å². The van der Waals surface area contributed by atoms with Gasteiger partial charge in [-0.3, -0.25) is 9.78 Å². The average molecular weight is 400 g/mol. The number of anilines is 3. The number of amides is 1. The van der Waals surface area contributed by atoms with Crippen LogP contribution in [0.3, 0.4) is 0 Å². The van der Waals surface area contributed by atoms with E-state index in [0.29, 0.717) is 22.6 Å². The molecule has 144 valence electrons. The molecule has 0 fully saturated rings. The topological polar surface area (TPSA) is 63.2 Å². The van der Waals surface area contributed by atoms with Crippen LogP contribution in [-0.2, 0) is 0 Å². The number of halogens is 2. The van der Waals surface area contributed by atoms with E-state index in [-0.39, 0.29) is 17.0 Å². The standard InChI is InChI=1S/C21H19ClFN3O2/c1-13(2)28-18-6-3-15(4-7-18)26-21(27)14-9-17(12-24-11-14)25-16-5-8-20(23)19(22)10-16/h3-13,25H,1-2H3,(H,26,27). The molecule has 3 aromatic rings. The third-order valence-electron chi connectivity index (χ3n) is 3.69. The Bertz CT molecular complexity index is 978. The minimum Gasteiger partial charge on any atom is -0.491 e. The summed E-state index contributed by atoms with van der Waals surface area (Å²) < 4.78 is 18.9. The van der Waals surface area contributed by atoms with Crippen LogP contribution in [0.15, 0.2) is 60.9 Å². The smallest absolute Gasteiger partial charge is 0.257 e. The summed E-state index contributed by atoms with van der Waals surface area (Å²) in [6.07, 6.45) is 3.11. The fourth-order valence-electron chi connectivity index (χ4n) is 2.47. The van der Waals surface area contributed by atoms with Gasteiger partial charge in [0.1, 0.15) is 11.6 Å². The zero-order valence-electron chi connectivity index (χ0n) is 15.4. The first kappa shape index (κ1) is 19.6. The van der Waals surface area contributed by atoms with Gasteiger partial charge >= 0.3 is 0 Å². The molecule has 1 aromatic heterocycles. The van der Waals surface area contributed by atoms with E-state index < -0.39 is 5.82 Å². The van der Waals surface area contributed by atoms with Crippen molar-refractivity contribution in [1.82, 2.24) is 4.98 Å². The number of benzene rings is 2. The molecule has 5 nitrogen and oxygen atoms in total. The first-order valence-corrected chi connectivity index (χ1v) is 9.04. The number of rotatable bonds is 6. The molecule has 0 aliphatic heterocycles. The monoisotopic (exact) mass is 399 g/mol. The predicted molar refractivity (Wildman–Crippen MR) is 109 cm³/mol. The minimum absolute atomic E-state index is 0.0109. The molecule has 0 unspecified atom stereocenters. The number of carbonyl (C=O) groups is 1. The fourth-order valence-corrected chi connectivity index (χ4v) is 2.65. The van der Waals surface area contributed by atoms with Crippen LogP contribution < -0.4 is 15.4 Å². The minimum atomic E-state index is -0.497. The van der Waals surface area contributed by atoms with E-state index in [9.17, 15) is 9.18 Å². The van der Waals surface area contributed by atoms with Crippen LogP contribution in [0.2, 0.25) is 5.02 Å². The van der Waals surface area contributed by atoms with Crippen LogP contribution in [-0.4, -0.2) is 17.0 Å². The molecule has 0 aliphatic carbocycles. The molecule has 1 amide bonds. The van der Waals surface area contributed by atoms with Crippen LogP contribution in [0.5, 0.6) is 5.75 Å². The SMILES string of the molecule is CC(C)Oc1ccc(NC(=O)c2cncc(Nc3ccc(F)c(Cl)c3)c2)cc1. The van der Waals surface area contributed by atoms with E-state index in [0.717, 1.165) is 5.75 Å². The van der Waals surface area contributed by atoms with Gasteiger partial charge in [-0.1, -0.05) is 11.6 Å². The summed E-state index contributed by atoms with van der Waals surface area (Å²) in [6.45, 7) is 3.90. The Balaban J connectivity index is 1.68. The molecular weight excluding hydrogens is 381 g/mol. The van der Waals surface area contributed by atoms with Gasteiger partial charge in [-0.15, -0.1) is 0 Å². The molecule has 0 saturated heterocycles. The van der Waals surface area contributed by atoms with Crippen molar-refractivity contribution in [2.75, 3.05) is 10.6 Å². The maximum Gasteiger partial charge on any atom is 0.257 e. The van der Waals surface area contributed by atoms with Gasteiger partial charge in [0.2, 0.25) is 0 Å². The maximum atomic E-state index is 13.3. The Labute approximate surface area is 167 Å². The number of hydrogen-bond acceptors (Lipinski definition) is 4. The van der Waals surface area contributed by atoms with E-state index in [1.807, 2.05) is 13.8 Å². The summed E-state index contributed by atoms with van der Waals surface area (Å²) in [7, 11) is 0. The van der Waals surface area contributed by atoms with Crippen molar-refractivity contribution in [1.29, 1.82) is 0 Å². The van der Waals surface area contributed by atoms with Crippen LogP contribution in [0.25, 0.3) is 0 Å². The second-order valence-corrected chi connectivity index (χ2v) is 6.77. The Kier molecular flexibility index (Phi) is 6.11. The Morgan fingerprint density at radius 1 is 1.04 bits per heavy atom. The Morgan fingerprint density at radius 3 is 2.43 bits per heavy atom. The van der Waals surface area contributed by atoms with Crippen molar-refractivity contribution in [3.63, 3.8) is 0 Å². The largest absolute Gasteiger partial charge is 0.491 e. The molecule has 1 heterocycles. The number of pyridine rings is 1. The zero-order valence-corrected chi connectivity index (χ0v) is 16.1. The maximum absolute atomic E-state index is 13.3. The highest BCUT2D eigenvalue weighted by Gasteiger charge is 2.09. The molecule has 28 heavy (non-hydrogen) atoms. The quantitative estimate of drug-likeness (QED) is 0.561. The third-order valence-corrected chi connectivity index (χ3v) is 3.98. The van der Waals surface area contributed by atoms with E-state index in [2.05, 4.69) is 15.6 Å². The molecule has 2 aromatic carbocycles. The van der Waals surface area contributed by atoms with Crippen molar-refractivity contribution in [3.8, 4) is 5.75 Å². The lowest BCUT2D eigenvalue weighted by Crippen LogP contribution is -2.12. The molecule has 7 heteroatoms. The van der Waals surface area contributed by atoms with Crippen molar-refractivity contribution >= 4 is 34.6 Å². The Morgan fingerprint density at radius 2 is 1.75 bits per heavy atom. The van der Waals surface area contributed by atoms with Crippen molar-refractivity contribution in [2.45, 2.75) is 20.0 Å². The lowest BCUT2D eigenvalue weighted by Gasteiger charge is -2.11. The Hall–Kier alpha value is -3.12. The first-order chi connectivity index (χ1) is 13.4. The number of ether oxygens (including phenoxy) is 1. The number of carbonyl (C=O) groups excluding carboxylic acids is 1. The molecule has 0 atom stereocenters. The zero-order chi connectivity index (χ0) is 20.1. The molecule has 0 spiro atoms. The molecule has 3 rings (SSSR count). The molecule has 0 radical (unpaired) electrons. The normalized spacial score (nSPS) is 10.6. The van der Waals surface area contributed by atoms with Crippen LogP contribution >= 0.6 is 11.6 Å². The highest BCUT2D eigenvalue weighted by molar-refractivity contribution is 6.31. The molecule has 0 saturated carbocycles. The lowest BCUT2D eigenvalue weighted by molar-refractivity contribution is 0.102. The molecular formula is C21H19ClFN3O2. The third kappa shape index (κ3) is 5.20. The van der Waals surface area contributed by atoms with Crippen molar-refractivity contribution in [3.05, 3.63) is 77.3 Å². The van der Waals surface area contributed by atoms with E-state index in [4.69, 9.17) is 16.3 Å². The first-order valence-electron chi connectivity index (χ1n) is 8.66. The number of nitrogens with zero attached hydrogens (tertiary/aromatic N) is 1. The summed E-state index contributed by atoms with van der Waals surface area (Å²) in [5.41, 5.74) is 2.19. The van der Waals surface area contributed by atoms with Gasteiger partial charge in [0, 0.05) is 17.6 Å². The predicted octanol–water partition coefficient (Wildman–Crippen LogP) is 5.66. The fraction of sp³-hybridized carbons (Fsp3) is 0.143. The van der Waals surface area contributed by atoms with Crippen LogP contribution in [0.1, 0.15) is 24.2 Å². The highest BCUT2D eigenvalue weighted by atomic mass is 35.5. The summed E-state index contributed by atoms with van der Waals surface area (Å²) in [5.74, 6) is -0.0621. The highest BCUT2D eigenvalue weighted by Crippen LogP contribution is 2.23. The van der Waals surface area contributed by atoms with E-state index >= 15 is 0 Å².